The quantitative estimate of drug-likeness (QED) is 0.112. The average molecular weight is 1040 g/mol. The van der Waals surface area contributed by atoms with Crippen LogP contribution in [0.2, 0.25) is 0 Å². The number of halogens is 10. The zero-order valence-corrected chi connectivity index (χ0v) is 35.5. The molecule has 0 saturated carbocycles. The van der Waals surface area contributed by atoms with E-state index in [1.165, 1.54) is 22.3 Å². The fourth-order valence-corrected chi connectivity index (χ4v) is 5.00. The normalized spacial score (nSPS) is 10.5. The van der Waals surface area contributed by atoms with Gasteiger partial charge in [-0.2, -0.15) is 0 Å². The van der Waals surface area contributed by atoms with Crippen molar-refractivity contribution in [2.24, 2.45) is 0 Å². The number of benzene rings is 3. The Bertz CT molecular complexity index is 1930. The van der Waals surface area contributed by atoms with E-state index in [1.54, 1.807) is 0 Å². The monoisotopic (exact) mass is 1030 g/mol. The summed E-state index contributed by atoms with van der Waals surface area (Å²) < 4.78 is 110. The zero-order chi connectivity index (χ0) is 42.9. The molecule has 0 unspecified atom stereocenters. The molecule has 8 nitrogen and oxygen atoms in total. The minimum absolute atomic E-state index is 0. The predicted octanol–water partition coefficient (Wildman–Crippen LogP) is 10.1. The van der Waals surface area contributed by atoms with Crippen molar-refractivity contribution < 1.29 is 88.1 Å². The third-order valence-electron chi connectivity index (χ3n) is 7.96. The van der Waals surface area contributed by atoms with E-state index in [0.717, 1.165) is 73.7 Å². The van der Waals surface area contributed by atoms with E-state index in [9.17, 15) is 43.3 Å². The number of rotatable bonds is 8. The molecule has 4 heterocycles. The second-order valence-corrected chi connectivity index (χ2v) is 12.5. The van der Waals surface area contributed by atoms with Gasteiger partial charge < -0.3 is 52.8 Å². The minimum Gasteiger partial charge on any atom is -0.418 e. The number of hydrogen-bond acceptors (Lipinski definition) is 4. The number of hydrogen-bond donors (Lipinski definition) is 0. The molecule has 7 aromatic rings. The fraction of sp³-hybridized carbons (Fsp3) is 0.211. The molecule has 0 atom stereocenters. The summed E-state index contributed by atoms with van der Waals surface area (Å²) in [7, 11) is -12.0. The smallest absolute Gasteiger partial charge is 0.418 e. The molecule has 0 saturated heterocycles. The van der Waals surface area contributed by atoms with Gasteiger partial charge in [0.1, 0.15) is 34.9 Å². The summed E-state index contributed by atoms with van der Waals surface area (Å²) in [4.78, 5) is 17.0. The van der Waals surface area contributed by atoms with Gasteiger partial charge in [0, 0.05) is 75.8 Å². The Kier molecular flexibility index (Phi) is 23.1. The van der Waals surface area contributed by atoms with Crippen LogP contribution >= 0.6 is 0 Å². The van der Waals surface area contributed by atoms with Gasteiger partial charge in [-0.15, -0.1) is 0 Å². The van der Waals surface area contributed by atoms with Gasteiger partial charge >= 0.3 is 59.3 Å². The van der Waals surface area contributed by atoms with Crippen LogP contribution in [0.3, 0.4) is 0 Å². The first-order chi connectivity index (χ1) is 27.2. The van der Waals surface area contributed by atoms with E-state index < -0.39 is 26.1 Å². The van der Waals surface area contributed by atoms with Crippen LogP contribution < -0.4 is 0 Å². The molecular weight excluding hydrogens is 996 g/mol. The van der Waals surface area contributed by atoms with Gasteiger partial charge in [0.15, 0.2) is 0 Å². The Morgan fingerprint density at radius 2 is 0.533 bits per heavy atom. The first-order valence-electron chi connectivity index (χ1n) is 17.5. The van der Waals surface area contributed by atoms with Crippen LogP contribution in [0.1, 0.15) is 45.6 Å². The van der Waals surface area contributed by atoms with Crippen LogP contribution in [-0.2, 0) is 70.9 Å². The molecule has 0 aliphatic carbocycles. The number of aryl methyl sites for hydroxylation is 4. The molecule has 330 valence electrons. The maximum atomic E-state index is 11.9. The summed E-state index contributed by atoms with van der Waals surface area (Å²) in [5.74, 6) is 3.36. The molecule has 4 aromatic heterocycles. The van der Waals surface area contributed by atoms with E-state index in [2.05, 4.69) is 86.7 Å². The summed E-state index contributed by atoms with van der Waals surface area (Å²) in [5.41, 5.74) is 5.16. The molecule has 0 bridgehead atoms. The molecule has 60 heavy (non-hydrogen) atoms. The first-order valence-corrected chi connectivity index (χ1v) is 17.5. The summed E-state index contributed by atoms with van der Waals surface area (Å²) in [6.07, 6.45) is 15.4. The SMILES string of the molecule is Cc1nccn1Cc1ccc(Cn2ccnc2C)cc1.Cc1nccn1Cc1ccc(Cn2ccnc2C)cc1.F[B-](F)(F)F.F[B-](F)(F)F.Fc1ccc(F)cc1.[Ag+].[Ag+]. The Hall–Kier alpha value is -4.59. The van der Waals surface area contributed by atoms with Gasteiger partial charge in [-0.1, -0.05) is 48.5 Å². The van der Waals surface area contributed by atoms with Gasteiger partial charge in [-0.05, 0) is 74.2 Å². The molecule has 0 spiro atoms. The van der Waals surface area contributed by atoms with Gasteiger partial charge in [0.25, 0.3) is 0 Å². The second-order valence-electron chi connectivity index (χ2n) is 12.5. The van der Waals surface area contributed by atoms with Crippen LogP contribution in [0, 0.1) is 39.3 Å². The average Bonchev–Trinajstić information content (AvgIpc) is 3.95. The third-order valence-corrected chi connectivity index (χ3v) is 7.96. The van der Waals surface area contributed by atoms with Crippen LogP contribution in [0.15, 0.2) is 122 Å². The molecule has 0 N–H and O–H groups in total. The summed E-state index contributed by atoms with van der Waals surface area (Å²) in [5, 5.41) is 0. The Morgan fingerprint density at radius 1 is 0.367 bits per heavy atom. The molecule has 0 aliphatic heterocycles. The van der Waals surface area contributed by atoms with Crippen LogP contribution in [0.25, 0.3) is 0 Å². The van der Waals surface area contributed by atoms with E-state index in [-0.39, 0.29) is 44.8 Å². The Morgan fingerprint density at radius 3 is 0.667 bits per heavy atom. The number of nitrogens with zero attached hydrogens (tertiary/aromatic N) is 8. The summed E-state index contributed by atoms with van der Waals surface area (Å²) in [6, 6.07) is 21.8. The Balaban J connectivity index is 0.000000420. The van der Waals surface area contributed by atoms with Gasteiger partial charge in [0.2, 0.25) is 0 Å². The van der Waals surface area contributed by atoms with Crippen molar-refractivity contribution in [3.8, 4) is 0 Å². The molecule has 22 heteroatoms. The molecule has 0 radical (unpaired) electrons. The predicted molar refractivity (Wildman–Crippen MR) is 204 cm³/mol. The van der Waals surface area contributed by atoms with Crippen molar-refractivity contribution in [3.63, 3.8) is 0 Å². The fourth-order valence-electron chi connectivity index (χ4n) is 5.00. The minimum atomic E-state index is -6.00. The topological polar surface area (TPSA) is 71.3 Å². The third kappa shape index (κ3) is 22.1. The number of imidazole rings is 4. The molecular formula is C38H40Ag2B2F10N8. The van der Waals surface area contributed by atoms with Crippen LogP contribution in [0.4, 0.5) is 43.3 Å². The van der Waals surface area contributed by atoms with E-state index in [4.69, 9.17) is 0 Å². The largest absolute Gasteiger partial charge is 1.00 e. The molecule has 3 aromatic carbocycles. The molecule has 0 amide bonds. The van der Waals surface area contributed by atoms with Gasteiger partial charge in [0.05, 0.1) is 0 Å². The summed E-state index contributed by atoms with van der Waals surface area (Å²) in [6.45, 7) is 11.6. The van der Waals surface area contributed by atoms with E-state index >= 15 is 0 Å². The maximum absolute atomic E-state index is 11.9. The van der Waals surface area contributed by atoms with Crippen LogP contribution in [-0.4, -0.2) is 52.7 Å². The Labute approximate surface area is 372 Å². The van der Waals surface area contributed by atoms with Crippen molar-refractivity contribution >= 4 is 14.5 Å². The van der Waals surface area contributed by atoms with Gasteiger partial charge in [-0.3, -0.25) is 0 Å². The standard InChI is InChI=1S/2C16H18N4.C6H4F2.2Ag.2BF4/c2*1-13-17-7-9-19(13)11-15-3-5-16(6-4-15)12-20-10-8-18-14(20)2;7-5-1-2-6(8)4-3-5;;;2*2-1(3,4)5/h2*3-10H,11-12H2,1-2H3;1-4H;;;;/q;;;2*+1;2*-1. The summed E-state index contributed by atoms with van der Waals surface area (Å²) >= 11 is 0. The van der Waals surface area contributed by atoms with E-state index in [1.807, 2.05) is 77.3 Å². The van der Waals surface area contributed by atoms with Crippen molar-refractivity contribution in [3.05, 3.63) is 180 Å². The van der Waals surface area contributed by atoms with Crippen molar-refractivity contribution in [2.45, 2.75) is 53.9 Å². The van der Waals surface area contributed by atoms with Crippen molar-refractivity contribution in [1.82, 2.24) is 38.2 Å². The van der Waals surface area contributed by atoms with Crippen molar-refractivity contribution in [1.29, 1.82) is 0 Å². The van der Waals surface area contributed by atoms with Crippen LogP contribution in [0.5, 0.6) is 0 Å². The second kappa shape index (κ2) is 25.9. The maximum Gasteiger partial charge on any atom is 1.00 e. The number of aromatic nitrogens is 8. The zero-order valence-electron chi connectivity index (χ0n) is 32.5. The molecule has 0 fully saturated rings. The first kappa shape index (κ1) is 53.4. The molecule has 7 rings (SSSR count). The van der Waals surface area contributed by atoms with Crippen molar-refractivity contribution in [2.75, 3.05) is 0 Å². The molecule has 0 aliphatic rings. The van der Waals surface area contributed by atoms with E-state index in [0.29, 0.717) is 0 Å². The van der Waals surface area contributed by atoms with Gasteiger partial charge in [-0.25, -0.2) is 28.7 Å².